The van der Waals surface area contributed by atoms with Crippen molar-refractivity contribution in [2.45, 2.75) is 23.9 Å². The quantitative estimate of drug-likeness (QED) is 0.458. The molecule has 1 aromatic heterocycles. The standard InChI is InChI=1S/C18H17ClF4N3Si/c1-10(18(21,22)23)16-11-4-3-5-13(12(11)8-15(19)25-16)24-14-6-7-26(2)9-17(14,20)27/h3-5,8,14,24H,1,6-7,9H2,2H3/t14-,17+/m1/s1. The van der Waals surface area contributed by atoms with Gasteiger partial charge in [0.15, 0.2) is 0 Å². The number of benzene rings is 1. The first-order chi connectivity index (χ1) is 12.5. The molecule has 2 aromatic rings. The monoisotopic (exact) mass is 414 g/mol. The number of fused-ring (bicyclic) bond motifs is 1. The molecule has 0 saturated carbocycles. The highest BCUT2D eigenvalue weighted by atomic mass is 35.5. The van der Waals surface area contributed by atoms with Crippen LogP contribution < -0.4 is 5.32 Å². The van der Waals surface area contributed by atoms with Gasteiger partial charge >= 0.3 is 6.18 Å². The van der Waals surface area contributed by atoms with Crippen molar-refractivity contribution in [2.24, 2.45) is 0 Å². The van der Waals surface area contributed by atoms with Crippen LogP contribution in [0.2, 0.25) is 5.15 Å². The highest BCUT2D eigenvalue weighted by Crippen LogP contribution is 2.38. The summed E-state index contributed by atoms with van der Waals surface area (Å²) in [4.78, 5) is 5.68. The number of likely N-dealkylation sites (tertiary alicyclic amines) is 1. The van der Waals surface area contributed by atoms with E-state index in [1.807, 2.05) is 11.9 Å². The molecule has 1 aliphatic rings. The summed E-state index contributed by atoms with van der Waals surface area (Å²) in [5, 5.41) is 2.03. The highest BCUT2D eigenvalue weighted by Gasteiger charge is 2.39. The van der Waals surface area contributed by atoms with Crippen molar-refractivity contribution >= 4 is 43.9 Å². The Hall–Kier alpha value is -1.64. The average molecular weight is 415 g/mol. The molecule has 3 rings (SSSR count). The Morgan fingerprint density at radius 3 is 2.74 bits per heavy atom. The first-order valence-corrected chi connectivity index (χ1v) is 9.11. The molecular weight excluding hydrogens is 398 g/mol. The number of nitrogens with one attached hydrogen (secondary N) is 1. The molecule has 3 nitrogen and oxygen atoms in total. The minimum atomic E-state index is -4.63. The number of halogens is 5. The van der Waals surface area contributed by atoms with Gasteiger partial charge in [0, 0.05) is 23.0 Å². The molecule has 1 aromatic carbocycles. The second-order valence-corrected chi connectivity index (χ2v) is 7.97. The number of alkyl halides is 4. The maximum Gasteiger partial charge on any atom is 0.417 e. The number of allylic oxidation sites excluding steroid dienone is 1. The smallest absolute Gasteiger partial charge is 0.379 e. The van der Waals surface area contributed by atoms with Crippen LogP contribution in [0.3, 0.4) is 0 Å². The van der Waals surface area contributed by atoms with Crippen LogP contribution in [0.1, 0.15) is 12.1 Å². The lowest BCUT2D eigenvalue weighted by molar-refractivity contribution is -0.0688. The Morgan fingerprint density at radius 2 is 2.11 bits per heavy atom. The number of nitrogens with zero attached hydrogens (tertiary/aromatic N) is 2. The summed E-state index contributed by atoms with van der Waals surface area (Å²) < 4.78 is 54.4. The minimum absolute atomic E-state index is 0.0922. The van der Waals surface area contributed by atoms with Gasteiger partial charge in [0.25, 0.3) is 0 Å². The van der Waals surface area contributed by atoms with E-state index in [2.05, 4.69) is 27.1 Å². The van der Waals surface area contributed by atoms with Gasteiger partial charge < -0.3 is 10.2 Å². The number of hydrogen-bond donors (Lipinski definition) is 1. The van der Waals surface area contributed by atoms with Crippen LogP contribution >= 0.6 is 11.6 Å². The maximum absolute atomic E-state index is 14.9. The molecule has 1 fully saturated rings. The van der Waals surface area contributed by atoms with E-state index in [-0.39, 0.29) is 22.8 Å². The second-order valence-electron chi connectivity index (χ2n) is 6.76. The molecule has 143 valence electrons. The van der Waals surface area contributed by atoms with Crippen molar-refractivity contribution in [3.05, 3.63) is 41.7 Å². The number of anilines is 1. The summed E-state index contributed by atoms with van der Waals surface area (Å²) in [5.41, 5.74) is -0.920. The van der Waals surface area contributed by atoms with Gasteiger partial charge in [0.05, 0.1) is 27.6 Å². The predicted molar refractivity (Wildman–Crippen MR) is 101 cm³/mol. The summed E-state index contributed by atoms with van der Waals surface area (Å²) in [5.74, 6) is 0. The van der Waals surface area contributed by atoms with Crippen LogP contribution in [0, 0.1) is 0 Å². The fourth-order valence-corrected chi connectivity index (χ4v) is 3.95. The van der Waals surface area contributed by atoms with Crippen molar-refractivity contribution in [2.75, 3.05) is 25.5 Å². The van der Waals surface area contributed by atoms with Crippen LogP contribution in [-0.4, -0.2) is 57.8 Å². The van der Waals surface area contributed by atoms with Crippen molar-refractivity contribution in [3.63, 3.8) is 0 Å². The molecule has 3 radical (unpaired) electrons. The van der Waals surface area contributed by atoms with Crippen molar-refractivity contribution in [1.29, 1.82) is 0 Å². The minimum Gasteiger partial charge on any atom is -0.379 e. The molecule has 2 atom stereocenters. The summed E-state index contributed by atoms with van der Waals surface area (Å²) in [7, 11) is 5.01. The predicted octanol–water partition coefficient (Wildman–Crippen LogP) is 4.41. The van der Waals surface area contributed by atoms with Gasteiger partial charge in [0.2, 0.25) is 0 Å². The van der Waals surface area contributed by atoms with Gasteiger partial charge in [-0.2, -0.15) is 13.2 Å². The second kappa shape index (κ2) is 7.07. The highest BCUT2D eigenvalue weighted by molar-refractivity contribution is 6.30. The van der Waals surface area contributed by atoms with E-state index in [1.165, 1.54) is 12.1 Å². The third-order valence-electron chi connectivity index (χ3n) is 4.65. The van der Waals surface area contributed by atoms with Gasteiger partial charge in [-0.15, -0.1) is 0 Å². The Morgan fingerprint density at radius 1 is 1.41 bits per heavy atom. The van der Waals surface area contributed by atoms with Crippen LogP contribution in [0.4, 0.5) is 23.2 Å². The molecule has 9 heteroatoms. The summed E-state index contributed by atoms with van der Waals surface area (Å²) in [6.07, 6.45) is -4.11. The molecule has 0 aliphatic carbocycles. The zero-order valence-electron chi connectivity index (χ0n) is 14.5. The molecule has 1 aliphatic heterocycles. The zero-order chi connectivity index (χ0) is 20.0. The van der Waals surface area contributed by atoms with E-state index in [1.54, 1.807) is 12.1 Å². The van der Waals surface area contributed by atoms with Crippen LogP contribution in [-0.2, 0) is 0 Å². The van der Waals surface area contributed by atoms with Gasteiger partial charge in [0.1, 0.15) is 10.4 Å². The first kappa shape index (κ1) is 20.1. The van der Waals surface area contributed by atoms with Crippen LogP contribution in [0.5, 0.6) is 0 Å². The summed E-state index contributed by atoms with van der Waals surface area (Å²) in [6.45, 7) is 4.00. The van der Waals surface area contributed by atoms with Crippen molar-refractivity contribution in [1.82, 2.24) is 9.88 Å². The number of rotatable bonds is 3. The van der Waals surface area contributed by atoms with Gasteiger partial charge in [-0.3, -0.25) is 0 Å². The fourth-order valence-electron chi connectivity index (χ4n) is 3.27. The molecule has 1 saturated heterocycles. The molecule has 0 amide bonds. The van der Waals surface area contributed by atoms with Gasteiger partial charge in [-0.25, -0.2) is 9.37 Å². The topological polar surface area (TPSA) is 28.2 Å². The molecule has 1 N–H and O–H groups in total. The van der Waals surface area contributed by atoms with E-state index < -0.39 is 23.1 Å². The maximum atomic E-state index is 14.9. The van der Waals surface area contributed by atoms with E-state index in [0.29, 0.717) is 24.0 Å². The molecule has 0 bridgehead atoms. The largest absolute Gasteiger partial charge is 0.417 e. The van der Waals surface area contributed by atoms with Crippen molar-refractivity contribution in [3.8, 4) is 0 Å². The molecular formula is C18H17ClF4N3Si. The van der Waals surface area contributed by atoms with Crippen LogP contribution in [0.15, 0.2) is 30.8 Å². The van der Waals surface area contributed by atoms with E-state index in [4.69, 9.17) is 11.6 Å². The number of aromatic nitrogens is 1. The number of hydrogen-bond acceptors (Lipinski definition) is 3. The molecule has 27 heavy (non-hydrogen) atoms. The Bertz CT molecular complexity index is 885. The lowest BCUT2D eigenvalue weighted by atomic mass is 10.00. The lowest BCUT2D eigenvalue weighted by Crippen LogP contribution is -2.56. The first-order valence-electron chi connectivity index (χ1n) is 8.24. The Balaban J connectivity index is 2.05. The third-order valence-corrected chi connectivity index (χ3v) is 5.35. The Kier molecular flexibility index (Phi) is 5.26. The molecule has 0 unspecified atom stereocenters. The number of piperidine rings is 1. The van der Waals surface area contributed by atoms with Gasteiger partial charge in [-0.05, 0) is 32.1 Å². The average Bonchev–Trinajstić information content (AvgIpc) is 2.55. The van der Waals surface area contributed by atoms with Crippen LogP contribution in [0.25, 0.3) is 16.3 Å². The SMILES string of the molecule is C=C(c1nc(Cl)cc2c(N[C@@H]3CCN(C)C[C@]3(F)[Si])cccc12)C(F)(F)F. The van der Waals surface area contributed by atoms with Crippen molar-refractivity contribution < 1.29 is 17.6 Å². The normalized spacial score (nSPS) is 24.2. The van der Waals surface area contributed by atoms with Gasteiger partial charge in [-0.1, -0.05) is 30.3 Å². The lowest BCUT2D eigenvalue weighted by Gasteiger charge is -2.40. The fraction of sp³-hybridized carbons (Fsp3) is 0.389. The molecule has 0 spiro atoms. The summed E-state index contributed by atoms with van der Waals surface area (Å²) >= 11 is 5.97. The molecule has 2 heterocycles. The summed E-state index contributed by atoms with van der Waals surface area (Å²) in [6, 6.07) is 5.70. The van der Waals surface area contributed by atoms with E-state index >= 15 is 0 Å². The van der Waals surface area contributed by atoms with E-state index in [9.17, 15) is 17.6 Å². The number of pyridine rings is 1. The third kappa shape index (κ3) is 4.12. The Labute approximate surface area is 162 Å². The zero-order valence-corrected chi connectivity index (χ0v) is 16.3. The van der Waals surface area contributed by atoms with E-state index in [0.717, 1.165) is 0 Å².